The van der Waals surface area contributed by atoms with E-state index in [1.54, 1.807) is 0 Å². The summed E-state index contributed by atoms with van der Waals surface area (Å²) in [7, 11) is 0. The lowest BCUT2D eigenvalue weighted by Crippen LogP contribution is -2.25. The van der Waals surface area contributed by atoms with E-state index < -0.39 is 0 Å². The van der Waals surface area contributed by atoms with Crippen molar-refractivity contribution >= 4 is 0 Å². The summed E-state index contributed by atoms with van der Waals surface area (Å²) in [6.07, 6.45) is 4.89. The summed E-state index contributed by atoms with van der Waals surface area (Å²) in [6, 6.07) is 0. The Labute approximate surface area is 68.0 Å². The minimum Gasteiger partial charge on any atom is -0.393 e. The molecule has 11 heavy (non-hydrogen) atoms. The van der Waals surface area contributed by atoms with E-state index in [1.165, 1.54) is 19.3 Å². The molecule has 0 aromatic heterocycles. The van der Waals surface area contributed by atoms with E-state index in [0.717, 1.165) is 25.4 Å². The number of aliphatic hydroxyl groups excluding tert-OH is 1. The standard InChI is InChI=1S/C9H17NO/c11-9-4-2-1-3-7-5-10-6-8(7)9/h7-11H,1-6H2/t7?,8?,9-/m0/s1. The highest BCUT2D eigenvalue weighted by Crippen LogP contribution is 2.31. The van der Waals surface area contributed by atoms with E-state index in [1.807, 2.05) is 0 Å². The first-order valence-electron chi connectivity index (χ1n) is 4.76. The van der Waals surface area contributed by atoms with Gasteiger partial charge in [0.25, 0.3) is 0 Å². The maximum absolute atomic E-state index is 9.72. The van der Waals surface area contributed by atoms with Crippen LogP contribution in [0.25, 0.3) is 0 Å². The smallest absolute Gasteiger partial charge is 0.0583 e. The molecule has 0 bridgehead atoms. The molecule has 2 fully saturated rings. The molecule has 1 aliphatic heterocycles. The van der Waals surface area contributed by atoms with Crippen LogP contribution in [-0.2, 0) is 0 Å². The third kappa shape index (κ3) is 1.42. The minimum absolute atomic E-state index is 0.0162. The zero-order chi connectivity index (χ0) is 7.68. The third-order valence-electron chi connectivity index (χ3n) is 3.21. The second kappa shape index (κ2) is 3.11. The molecule has 2 aliphatic rings. The molecule has 1 saturated heterocycles. The van der Waals surface area contributed by atoms with E-state index in [0.29, 0.717) is 5.92 Å². The highest BCUT2D eigenvalue weighted by Gasteiger charge is 2.33. The lowest BCUT2D eigenvalue weighted by Gasteiger charge is -2.19. The normalized spacial score (nSPS) is 45.0. The summed E-state index contributed by atoms with van der Waals surface area (Å²) in [6.45, 7) is 2.19. The zero-order valence-electron chi connectivity index (χ0n) is 6.92. The number of nitrogens with one attached hydrogen (secondary N) is 1. The summed E-state index contributed by atoms with van der Waals surface area (Å²) in [5, 5.41) is 13.1. The van der Waals surface area contributed by atoms with Crippen LogP contribution < -0.4 is 5.32 Å². The molecule has 2 heteroatoms. The van der Waals surface area contributed by atoms with Crippen LogP contribution in [0.3, 0.4) is 0 Å². The van der Waals surface area contributed by atoms with E-state index in [4.69, 9.17) is 0 Å². The van der Waals surface area contributed by atoms with Gasteiger partial charge in [-0.05, 0) is 25.3 Å². The van der Waals surface area contributed by atoms with Crippen molar-refractivity contribution in [1.82, 2.24) is 5.32 Å². The van der Waals surface area contributed by atoms with Crippen molar-refractivity contribution in [3.05, 3.63) is 0 Å². The molecule has 2 nitrogen and oxygen atoms in total. The molecule has 0 aromatic carbocycles. The van der Waals surface area contributed by atoms with Gasteiger partial charge in [-0.15, -0.1) is 0 Å². The van der Waals surface area contributed by atoms with Crippen LogP contribution in [0.4, 0.5) is 0 Å². The number of hydrogen-bond acceptors (Lipinski definition) is 2. The fourth-order valence-electron chi connectivity index (χ4n) is 2.49. The maximum Gasteiger partial charge on any atom is 0.0583 e. The summed E-state index contributed by atoms with van der Waals surface area (Å²) in [4.78, 5) is 0. The molecule has 1 heterocycles. The van der Waals surface area contributed by atoms with Crippen LogP contribution in [0.5, 0.6) is 0 Å². The molecule has 0 amide bonds. The molecule has 64 valence electrons. The van der Waals surface area contributed by atoms with Gasteiger partial charge >= 0.3 is 0 Å². The Kier molecular flexibility index (Phi) is 2.14. The minimum atomic E-state index is -0.0162. The Morgan fingerprint density at radius 1 is 1.09 bits per heavy atom. The van der Waals surface area contributed by atoms with Gasteiger partial charge in [-0.25, -0.2) is 0 Å². The molecule has 0 aromatic rings. The molecule has 0 radical (unpaired) electrons. The summed E-state index contributed by atoms with van der Waals surface area (Å²) >= 11 is 0. The van der Waals surface area contributed by atoms with Gasteiger partial charge < -0.3 is 10.4 Å². The fourth-order valence-corrected chi connectivity index (χ4v) is 2.49. The molecular weight excluding hydrogens is 138 g/mol. The largest absolute Gasteiger partial charge is 0.393 e. The second-order valence-corrected chi connectivity index (χ2v) is 3.93. The predicted molar refractivity (Wildman–Crippen MR) is 44.3 cm³/mol. The van der Waals surface area contributed by atoms with Crippen LogP contribution in [0.1, 0.15) is 25.7 Å². The topological polar surface area (TPSA) is 32.3 Å². The van der Waals surface area contributed by atoms with E-state index in [2.05, 4.69) is 5.32 Å². The van der Waals surface area contributed by atoms with Gasteiger partial charge in [0.15, 0.2) is 0 Å². The van der Waals surface area contributed by atoms with Gasteiger partial charge in [-0.1, -0.05) is 12.8 Å². The Bertz CT molecular complexity index is 138. The van der Waals surface area contributed by atoms with Crippen LogP contribution in [0, 0.1) is 11.8 Å². The fraction of sp³-hybridized carbons (Fsp3) is 1.00. The number of hydrogen-bond donors (Lipinski definition) is 2. The number of aliphatic hydroxyl groups is 1. The van der Waals surface area contributed by atoms with Crippen LogP contribution in [-0.4, -0.2) is 24.3 Å². The highest BCUT2D eigenvalue weighted by atomic mass is 16.3. The van der Waals surface area contributed by atoms with Crippen LogP contribution >= 0.6 is 0 Å². The number of fused-ring (bicyclic) bond motifs is 1. The molecule has 2 unspecified atom stereocenters. The summed E-state index contributed by atoms with van der Waals surface area (Å²) < 4.78 is 0. The van der Waals surface area contributed by atoms with Gasteiger partial charge in [0.1, 0.15) is 0 Å². The quantitative estimate of drug-likeness (QED) is 0.541. The van der Waals surface area contributed by atoms with Crippen LogP contribution in [0.15, 0.2) is 0 Å². The molecule has 0 spiro atoms. The van der Waals surface area contributed by atoms with Crippen molar-refractivity contribution in [3.8, 4) is 0 Å². The molecule has 3 atom stereocenters. The lowest BCUT2D eigenvalue weighted by atomic mass is 9.90. The van der Waals surface area contributed by atoms with Crippen molar-refractivity contribution in [3.63, 3.8) is 0 Å². The molecule has 1 saturated carbocycles. The molecular formula is C9H17NO. The van der Waals surface area contributed by atoms with Crippen molar-refractivity contribution in [1.29, 1.82) is 0 Å². The maximum atomic E-state index is 9.72. The van der Waals surface area contributed by atoms with Crippen molar-refractivity contribution in [2.24, 2.45) is 11.8 Å². The predicted octanol–water partition coefficient (Wildman–Crippen LogP) is 0.757. The van der Waals surface area contributed by atoms with Gasteiger partial charge in [0, 0.05) is 12.5 Å². The van der Waals surface area contributed by atoms with Gasteiger partial charge in [-0.2, -0.15) is 0 Å². The monoisotopic (exact) mass is 155 g/mol. The van der Waals surface area contributed by atoms with E-state index >= 15 is 0 Å². The van der Waals surface area contributed by atoms with Crippen molar-refractivity contribution in [2.75, 3.05) is 13.1 Å². The molecule has 2 N–H and O–H groups in total. The molecule has 1 aliphatic carbocycles. The van der Waals surface area contributed by atoms with Gasteiger partial charge in [0.05, 0.1) is 6.10 Å². The van der Waals surface area contributed by atoms with Crippen molar-refractivity contribution < 1.29 is 5.11 Å². The SMILES string of the molecule is O[C@H]1CCCCC2CNCC21. The Balaban J connectivity index is 2.03. The number of rotatable bonds is 0. The first-order valence-corrected chi connectivity index (χ1v) is 4.76. The Morgan fingerprint density at radius 3 is 2.82 bits per heavy atom. The Morgan fingerprint density at radius 2 is 1.91 bits per heavy atom. The van der Waals surface area contributed by atoms with E-state index in [9.17, 15) is 5.11 Å². The van der Waals surface area contributed by atoms with Crippen molar-refractivity contribution in [2.45, 2.75) is 31.8 Å². The summed E-state index contributed by atoms with van der Waals surface area (Å²) in [5.74, 6) is 1.34. The van der Waals surface area contributed by atoms with E-state index in [-0.39, 0.29) is 6.10 Å². The first-order chi connectivity index (χ1) is 5.38. The zero-order valence-corrected chi connectivity index (χ0v) is 6.92. The second-order valence-electron chi connectivity index (χ2n) is 3.93. The first kappa shape index (κ1) is 7.56. The average Bonchev–Trinajstić information content (AvgIpc) is 2.40. The average molecular weight is 155 g/mol. The Hall–Kier alpha value is -0.0800. The summed E-state index contributed by atoms with van der Waals surface area (Å²) in [5.41, 5.74) is 0. The third-order valence-corrected chi connectivity index (χ3v) is 3.21. The van der Waals surface area contributed by atoms with Gasteiger partial charge in [-0.3, -0.25) is 0 Å². The highest BCUT2D eigenvalue weighted by molar-refractivity contribution is 4.87. The van der Waals surface area contributed by atoms with Gasteiger partial charge in [0.2, 0.25) is 0 Å². The molecule has 2 rings (SSSR count). The lowest BCUT2D eigenvalue weighted by molar-refractivity contribution is 0.0943. The van der Waals surface area contributed by atoms with Crippen LogP contribution in [0.2, 0.25) is 0 Å².